The van der Waals surface area contributed by atoms with Crippen molar-refractivity contribution in [3.8, 4) is 11.4 Å². The van der Waals surface area contributed by atoms with Crippen LogP contribution in [0.1, 0.15) is 0 Å². The zero-order valence-corrected chi connectivity index (χ0v) is 11.5. The SMILES string of the molecule is Nc1ccc(-c2nnn(CC(=O)N3CCOCC3)n2)cc1. The van der Waals surface area contributed by atoms with Gasteiger partial charge in [0.25, 0.3) is 0 Å². The minimum absolute atomic E-state index is 0.0282. The van der Waals surface area contributed by atoms with Gasteiger partial charge < -0.3 is 15.4 Å². The summed E-state index contributed by atoms with van der Waals surface area (Å²) >= 11 is 0. The van der Waals surface area contributed by atoms with Crippen molar-refractivity contribution in [2.75, 3.05) is 32.0 Å². The molecule has 0 spiro atoms. The second kappa shape index (κ2) is 5.88. The van der Waals surface area contributed by atoms with Crippen LogP contribution in [-0.2, 0) is 16.1 Å². The predicted molar refractivity (Wildman–Crippen MR) is 75.1 cm³/mol. The van der Waals surface area contributed by atoms with Crippen LogP contribution in [0.15, 0.2) is 24.3 Å². The highest BCUT2D eigenvalue weighted by atomic mass is 16.5. The summed E-state index contributed by atoms with van der Waals surface area (Å²) in [6.45, 7) is 2.46. The number of nitrogen functional groups attached to an aromatic ring is 1. The van der Waals surface area contributed by atoms with Gasteiger partial charge in [-0.15, -0.1) is 10.2 Å². The molecular weight excluding hydrogens is 272 g/mol. The largest absolute Gasteiger partial charge is 0.399 e. The number of aromatic nitrogens is 4. The zero-order valence-electron chi connectivity index (χ0n) is 11.5. The second-order valence-electron chi connectivity index (χ2n) is 4.76. The fraction of sp³-hybridized carbons (Fsp3) is 0.385. The van der Waals surface area contributed by atoms with Crippen LogP contribution in [0.4, 0.5) is 5.69 Å². The molecule has 110 valence electrons. The van der Waals surface area contributed by atoms with Crippen molar-refractivity contribution >= 4 is 11.6 Å². The molecule has 3 rings (SSSR count). The lowest BCUT2D eigenvalue weighted by molar-refractivity contribution is -0.136. The average Bonchev–Trinajstić information content (AvgIpc) is 2.97. The Morgan fingerprint density at radius 2 is 1.95 bits per heavy atom. The van der Waals surface area contributed by atoms with E-state index in [-0.39, 0.29) is 12.5 Å². The summed E-state index contributed by atoms with van der Waals surface area (Å²) in [5, 5.41) is 12.1. The third kappa shape index (κ3) is 3.16. The topological polar surface area (TPSA) is 99.2 Å². The Bertz CT molecular complexity index is 618. The summed E-state index contributed by atoms with van der Waals surface area (Å²) in [7, 11) is 0. The molecule has 8 nitrogen and oxygen atoms in total. The van der Waals surface area contributed by atoms with Crippen LogP contribution in [0.2, 0.25) is 0 Å². The van der Waals surface area contributed by atoms with Crippen LogP contribution in [0, 0.1) is 0 Å². The van der Waals surface area contributed by atoms with Gasteiger partial charge in [0.15, 0.2) is 0 Å². The van der Waals surface area contributed by atoms with Crippen molar-refractivity contribution in [2.24, 2.45) is 0 Å². The predicted octanol–water partition coefficient (Wildman–Crippen LogP) is -0.219. The number of nitrogens with zero attached hydrogens (tertiary/aromatic N) is 5. The van der Waals surface area contributed by atoms with Crippen LogP contribution in [0.3, 0.4) is 0 Å². The lowest BCUT2D eigenvalue weighted by Crippen LogP contribution is -2.42. The fourth-order valence-electron chi connectivity index (χ4n) is 2.09. The van der Waals surface area contributed by atoms with E-state index < -0.39 is 0 Å². The molecule has 0 radical (unpaired) electrons. The number of ether oxygens (including phenoxy) is 1. The number of carbonyl (C=O) groups excluding carboxylic acids is 1. The molecule has 1 aliphatic rings. The van der Waals surface area contributed by atoms with E-state index in [2.05, 4.69) is 15.4 Å². The first-order valence-electron chi connectivity index (χ1n) is 6.71. The Morgan fingerprint density at radius 1 is 1.24 bits per heavy atom. The van der Waals surface area contributed by atoms with E-state index in [0.717, 1.165) is 5.56 Å². The Labute approximate surface area is 121 Å². The molecule has 0 bridgehead atoms. The van der Waals surface area contributed by atoms with E-state index in [9.17, 15) is 4.79 Å². The normalized spacial score (nSPS) is 15.1. The molecule has 2 heterocycles. The summed E-state index contributed by atoms with van der Waals surface area (Å²) in [5.74, 6) is 0.448. The number of amides is 1. The molecule has 1 aromatic heterocycles. The number of morpholine rings is 1. The van der Waals surface area contributed by atoms with Gasteiger partial charge in [-0.1, -0.05) is 0 Å². The molecule has 0 saturated carbocycles. The Hall–Kier alpha value is -2.48. The maximum Gasteiger partial charge on any atom is 0.246 e. The van der Waals surface area contributed by atoms with Crippen LogP contribution in [0.25, 0.3) is 11.4 Å². The van der Waals surface area contributed by atoms with Gasteiger partial charge in [0.05, 0.1) is 13.2 Å². The molecule has 1 amide bonds. The van der Waals surface area contributed by atoms with Gasteiger partial charge in [-0.2, -0.15) is 4.80 Å². The van der Waals surface area contributed by atoms with Gasteiger partial charge in [0, 0.05) is 24.3 Å². The first-order valence-corrected chi connectivity index (χ1v) is 6.71. The molecule has 1 aromatic carbocycles. The Morgan fingerprint density at radius 3 is 2.67 bits per heavy atom. The van der Waals surface area contributed by atoms with Crippen LogP contribution in [0.5, 0.6) is 0 Å². The minimum atomic E-state index is -0.0282. The van der Waals surface area contributed by atoms with Gasteiger partial charge in [0.1, 0.15) is 6.54 Å². The molecule has 1 fully saturated rings. The van der Waals surface area contributed by atoms with Gasteiger partial charge in [-0.3, -0.25) is 4.79 Å². The third-order valence-electron chi connectivity index (χ3n) is 3.26. The van der Waals surface area contributed by atoms with Crippen molar-refractivity contribution in [3.05, 3.63) is 24.3 Å². The van der Waals surface area contributed by atoms with Crippen molar-refractivity contribution in [1.29, 1.82) is 0 Å². The number of carbonyl (C=O) groups is 1. The molecule has 2 N–H and O–H groups in total. The highest BCUT2D eigenvalue weighted by Crippen LogP contribution is 2.15. The molecule has 1 aliphatic heterocycles. The molecular formula is C13H16N6O2. The van der Waals surface area contributed by atoms with Gasteiger partial charge >= 0.3 is 0 Å². The molecule has 8 heteroatoms. The maximum absolute atomic E-state index is 12.1. The van der Waals surface area contributed by atoms with E-state index in [1.54, 1.807) is 17.0 Å². The highest BCUT2D eigenvalue weighted by Gasteiger charge is 2.18. The average molecular weight is 288 g/mol. The number of tetrazole rings is 1. The second-order valence-corrected chi connectivity index (χ2v) is 4.76. The third-order valence-corrected chi connectivity index (χ3v) is 3.26. The summed E-state index contributed by atoms with van der Waals surface area (Å²) in [5.41, 5.74) is 7.13. The molecule has 2 aromatic rings. The van der Waals surface area contributed by atoms with Gasteiger partial charge in [-0.05, 0) is 29.5 Å². The van der Waals surface area contributed by atoms with E-state index in [0.29, 0.717) is 37.8 Å². The van der Waals surface area contributed by atoms with Gasteiger partial charge in [-0.25, -0.2) is 0 Å². The summed E-state index contributed by atoms with van der Waals surface area (Å²) in [6, 6.07) is 7.19. The quantitative estimate of drug-likeness (QED) is 0.784. The van der Waals surface area contributed by atoms with E-state index in [4.69, 9.17) is 10.5 Å². The Kier molecular flexibility index (Phi) is 3.78. The summed E-state index contributed by atoms with van der Waals surface area (Å²) in [4.78, 5) is 15.1. The summed E-state index contributed by atoms with van der Waals surface area (Å²) in [6.07, 6.45) is 0. The minimum Gasteiger partial charge on any atom is -0.399 e. The van der Waals surface area contributed by atoms with Crippen molar-refractivity contribution in [3.63, 3.8) is 0 Å². The molecule has 1 saturated heterocycles. The first kappa shape index (κ1) is 13.5. The van der Waals surface area contributed by atoms with Crippen LogP contribution < -0.4 is 5.73 Å². The molecule has 0 aliphatic carbocycles. The van der Waals surface area contributed by atoms with Gasteiger partial charge in [0.2, 0.25) is 11.7 Å². The zero-order chi connectivity index (χ0) is 14.7. The summed E-state index contributed by atoms with van der Waals surface area (Å²) < 4.78 is 5.22. The van der Waals surface area contributed by atoms with E-state index in [1.807, 2.05) is 12.1 Å². The lowest BCUT2D eigenvalue weighted by Gasteiger charge is -2.26. The number of rotatable bonds is 3. The number of nitrogens with two attached hydrogens (primary N) is 1. The highest BCUT2D eigenvalue weighted by molar-refractivity contribution is 5.75. The number of hydrogen-bond donors (Lipinski definition) is 1. The lowest BCUT2D eigenvalue weighted by atomic mass is 10.2. The van der Waals surface area contributed by atoms with Crippen LogP contribution in [-0.4, -0.2) is 57.3 Å². The van der Waals surface area contributed by atoms with Crippen molar-refractivity contribution < 1.29 is 9.53 Å². The monoisotopic (exact) mass is 288 g/mol. The molecule has 0 unspecified atom stereocenters. The number of benzene rings is 1. The molecule has 21 heavy (non-hydrogen) atoms. The van der Waals surface area contributed by atoms with Crippen molar-refractivity contribution in [1.82, 2.24) is 25.1 Å². The van der Waals surface area contributed by atoms with E-state index >= 15 is 0 Å². The fourth-order valence-corrected chi connectivity index (χ4v) is 2.09. The van der Waals surface area contributed by atoms with Crippen LogP contribution >= 0.6 is 0 Å². The number of hydrogen-bond acceptors (Lipinski definition) is 6. The first-order chi connectivity index (χ1) is 10.2. The van der Waals surface area contributed by atoms with E-state index in [1.165, 1.54) is 4.80 Å². The standard InChI is InChI=1S/C13H16N6O2/c14-11-3-1-10(2-4-11)13-15-17-19(16-13)9-12(20)18-5-7-21-8-6-18/h1-4H,5-9,14H2. The molecule has 0 atom stereocenters. The van der Waals surface area contributed by atoms with Crippen molar-refractivity contribution in [2.45, 2.75) is 6.54 Å². The number of anilines is 1. The maximum atomic E-state index is 12.1. The Balaban J connectivity index is 1.67. The smallest absolute Gasteiger partial charge is 0.246 e.